The zero-order chi connectivity index (χ0) is 25.9. The number of benzene rings is 3. The Labute approximate surface area is 219 Å². The third-order valence-electron chi connectivity index (χ3n) is 5.92. The molecule has 0 aliphatic carbocycles. The minimum absolute atomic E-state index is 0.0287. The van der Waals surface area contributed by atoms with Crippen LogP contribution in [0, 0.1) is 6.92 Å². The highest BCUT2D eigenvalue weighted by atomic mass is 35.5. The van der Waals surface area contributed by atoms with Crippen molar-refractivity contribution in [2.75, 3.05) is 6.61 Å². The molecule has 3 rings (SSSR count). The lowest BCUT2D eigenvalue weighted by molar-refractivity contribution is -0.141. The lowest BCUT2D eigenvalue weighted by Gasteiger charge is -2.32. The number of halogens is 1. The summed E-state index contributed by atoms with van der Waals surface area (Å²) in [5.74, 6) is 0.493. The molecular formula is C30H35ClN2O3. The number of aryl methyl sites for hydroxylation is 1. The highest BCUT2D eigenvalue weighted by Crippen LogP contribution is 2.19. The average molecular weight is 507 g/mol. The second-order valence-corrected chi connectivity index (χ2v) is 9.66. The van der Waals surface area contributed by atoms with Crippen molar-refractivity contribution in [3.05, 3.63) is 101 Å². The fourth-order valence-corrected chi connectivity index (χ4v) is 4.12. The zero-order valence-corrected chi connectivity index (χ0v) is 22.0. The van der Waals surface area contributed by atoms with Gasteiger partial charge in [0.2, 0.25) is 11.8 Å². The van der Waals surface area contributed by atoms with E-state index in [4.69, 9.17) is 16.3 Å². The van der Waals surface area contributed by atoms with Crippen molar-refractivity contribution in [2.45, 2.75) is 58.7 Å². The average Bonchev–Trinajstić information content (AvgIpc) is 2.86. The minimum Gasteiger partial charge on any atom is -0.494 e. The maximum Gasteiger partial charge on any atom is 0.243 e. The standard InChI is InChI=1S/C30H35ClN2O3/c1-22(2)32-30(35)28(20-24-11-5-4-6-12-24)33(21-25-13-8-7-10-23(25)3)29(34)14-9-19-36-27-17-15-26(31)16-18-27/h4-8,10-13,15-18,22,28H,9,14,19-21H2,1-3H3,(H,32,35). The quantitative estimate of drug-likeness (QED) is 0.308. The van der Waals surface area contributed by atoms with Crippen LogP contribution in [0.5, 0.6) is 5.75 Å². The van der Waals surface area contributed by atoms with Crippen molar-refractivity contribution in [1.29, 1.82) is 0 Å². The molecule has 1 N–H and O–H groups in total. The van der Waals surface area contributed by atoms with E-state index in [1.807, 2.05) is 75.4 Å². The topological polar surface area (TPSA) is 58.6 Å². The number of nitrogens with one attached hydrogen (secondary N) is 1. The number of nitrogens with zero attached hydrogens (tertiary/aromatic N) is 1. The van der Waals surface area contributed by atoms with Crippen molar-refractivity contribution < 1.29 is 14.3 Å². The maximum absolute atomic E-state index is 13.6. The highest BCUT2D eigenvalue weighted by molar-refractivity contribution is 6.30. The van der Waals surface area contributed by atoms with Gasteiger partial charge in [-0.3, -0.25) is 9.59 Å². The fourth-order valence-electron chi connectivity index (χ4n) is 3.99. The van der Waals surface area contributed by atoms with Gasteiger partial charge in [-0.2, -0.15) is 0 Å². The van der Waals surface area contributed by atoms with Gasteiger partial charge >= 0.3 is 0 Å². The molecule has 0 spiro atoms. The van der Waals surface area contributed by atoms with Gasteiger partial charge in [-0.05, 0) is 68.1 Å². The molecule has 190 valence electrons. The molecule has 5 nitrogen and oxygen atoms in total. The molecule has 0 radical (unpaired) electrons. The third-order valence-corrected chi connectivity index (χ3v) is 6.17. The van der Waals surface area contributed by atoms with Crippen molar-refractivity contribution in [1.82, 2.24) is 10.2 Å². The summed E-state index contributed by atoms with van der Waals surface area (Å²) in [5.41, 5.74) is 3.12. The van der Waals surface area contributed by atoms with Crippen LogP contribution in [0.2, 0.25) is 5.02 Å². The summed E-state index contributed by atoms with van der Waals surface area (Å²) in [7, 11) is 0. The first-order valence-corrected chi connectivity index (χ1v) is 12.8. The van der Waals surface area contributed by atoms with Crippen LogP contribution in [-0.4, -0.2) is 35.4 Å². The molecule has 0 bridgehead atoms. The molecule has 0 aliphatic rings. The maximum atomic E-state index is 13.6. The van der Waals surface area contributed by atoms with Crippen LogP contribution >= 0.6 is 11.6 Å². The zero-order valence-electron chi connectivity index (χ0n) is 21.2. The lowest BCUT2D eigenvalue weighted by atomic mass is 10.0. The number of amides is 2. The molecule has 36 heavy (non-hydrogen) atoms. The molecular weight excluding hydrogens is 472 g/mol. The summed E-state index contributed by atoms with van der Waals surface area (Å²) in [6.45, 7) is 6.65. The Morgan fingerprint density at radius 1 is 0.944 bits per heavy atom. The Balaban J connectivity index is 1.79. The summed E-state index contributed by atoms with van der Waals surface area (Å²) < 4.78 is 5.78. The fraction of sp³-hybridized carbons (Fsp3) is 0.333. The van der Waals surface area contributed by atoms with E-state index >= 15 is 0 Å². The largest absolute Gasteiger partial charge is 0.494 e. The van der Waals surface area contributed by atoms with Gasteiger partial charge in [0.15, 0.2) is 0 Å². The Kier molecular flexibility index (Phi) is 10.4. The van der Waals surface area contributed by atoms with Gasteiger partial charge in [-0.1, -0.05) is 66.2 Å². The van der Waals surface area contributed by atoms with E-state index in [1.165, 1.54) is 0 Å². The van der Waals surface area contributed by atoms with Crippen molar-refractivity contribution >= 4 is 23.4 Å². The van der Waals surface area contributed by atoms with E-state index in [2.05, 4.69) is 5.32 Å². The Morgan fingerprint density at radius 2 is 1.61 bits per heavy atom. The summed E-state index contributed by atoms with van der Waals surface area (Å²) in [6.07, 6.45) is 1.26. The lowest BCUT2D eigenvalue weighted by Crippen LogP contribution is -2.51. The first kappa shape index (κ1) is 27.3. The molecule has 0 aromatic heterocycles. The van der Waals surface area contributed by atoms with Gasteiger partial charge < -0.3 is 15.0 Å². The predicted octanol–water partition coefficient (Wildman–Crippen LogP) is 5.97. The van der Waals surface area contributed by atoms with Crippen molar-refractivity contribution in [3.8, 4) is 5.75 Å². The van der Waals surface area contributed by atoms with Gasteiger partial charge in [-0.25, -0.2) is 0 Å². The number of hydrogen-bond acceptors (Lipinski definition) is 3. The third kappa shape index (κ3) is 8.42. The Bertz CT molecular complexity index is 1120. The number of hydrogen-bond donors (Lipinski definition) is 1. The van der Waals surface area contributed by atoms with Crippen molar-refractivity contribution in [2.24, 2.45) is 0 Å². The number of carbonyl (C=O) groups is 2. The number of rotatable bonds is 12. The molecule has 0 heterocycles. The number of ether oxygens (including phenoxy) is 1. The first-order chi connectivity index (χ1) is 17.3. The minimum atomic E-state index is -0.626. The number of carbonyl (C=O) groups excluding carboxylic acids is 2. The summed E-state index contributed by atoms with van der Waals surface area (Å²) >= 11 is 5.93. The molecule has 1 atom stereocenters. The smallest absolute Gasteiger partial charge is 0.243 e. The second-order valence-electron chi connectivity index (χ2n) is 9.22. The molecule has 0 aliphatic heterocycles. The van der Waals surface area contributed by atoms with E-state index in [-0.39, 0.29) is 24.3 Å². The van der Waals surface area contributed by atoms with E-state index in [9.17, 15) is 9.59 Å². The van der Waals surface area contributed by atoms with E-state index in [0.29, 0.717) is 36.8 Å². The van der Waals surface area contributed by atoms with Crippen LogP contribution in [0.1, 0.15) is 43.4 Å². The molecule has 0 saturated carbocycles. The Hall–Kier alpha value is -3.31. The first-order valence-electron chi connectivity index (χ1n) is 12.4. The summed E-state index contributed by atoms with van der Waals surface area (Å²) in [4.78, 5) is 28.7. The van der Waals surface area contributed by atoms with Gasteiger partial charge in [-0.15, -0.1) is 0 Å². The molecule has 6 heteroatoms. The van der Waals surface area contributed by atoms with Crippen LogP contribution in [0.3, 0.4) is 0 Å². The molecule has 0 fully saturated rings. The summed E-state index contributed by atoms with van der Waals surface area (Å²) in [6, 6.07) is 24.3. The van der Waals surface area contributed by atoms with Crippen LogP contribution < -0.4 is 10.1 Å². The SMILES string of the molecule is Cc1ccccc1CN(C(=O)CCCOc1ccc(Cl)cc1)C(Cc1ccccc1)C(=O)NC(C)C. The van der Waals surface area contributed by atoms with E-state index < -0.39 is 6.04 Å². The van der Waals surface area contributed by atoms with Crippen LogP contribution in [0.25, 0.3) is 0 Å². The van der Waals surface area contributed by atoms with Gasteiger partial charge in [0.1, 0.15) is 11.8 Å². The summed E-state index contributed by atoms with van der Waals surface area (Å²) in [5, 5.41) is 3.67. The molecule has 3 aromatic carbocycles. The second kappa shape index (κ2) is 13.7. The predicted molar refractivity (Wildman–Crippen MR) is 145 cm³/mol. The highest BCUT2D eigenvalue weighted by Gasteiger charge is 2.30. The monoisotopic (exact) mass is 506 g/mol. The van der Waals surface area contributed by atoms with Gasteiger partial charge in [0, 0.05) is 30.5 Å². The van der Waals surface area contributed by atoms with Gasteiger partial charge in [0.05, 0.1) is 6.61 Å². The molecule has 2 amide bonds. The van der Waals surface area contributed by atoms with E-state index in [1.54, 1.807) is 29.2 Å². The molecule has 0 saturated heterocycles. The normalized spacial score (nSPS) is 11.7. The Morgan fingerprint density at radius 3 is 2.28 bits per heavy atom. The van der Waals surface area contributed by atoms with E-state index in [0.717, 1.165) is 16.7 Å². The molecule has 1 unspecified atom stereocenters. The van der Waals surface area contributed by atoms with Gasteiger partial charge in [0.25, 0.3) is 0 Å². The van der Waals surface area contributed by atoms with Crippen LogP contribution in [0.15, 0.2) is 78.9 Å². The van der Waals surface area contributed by atoms with Crippen LogP contribution in [-0.2, 0) is 22.6 Å². The van der Waals surface area contributed by atoms with Crippen molar-refractivity contribution in [3.63, 3.8) is 0 Å². The van der Waals surface area contributed by atoms with Crippen LogP contribution in [0.4, 0.5) is 0 Å². The molecule has 3 aromatic rings.